The zero-order valence-corrected chi connectivity index (χ0v) is 11.5. The molecule has 3 aromatic rings. The van der Waals surface area contributed by atoms with Crippen molar-refractivity contribution in [1.82, 2.24) is 9.55 Å². The van der Waals surface area contributed by atoms with Crippen molar-refractivity contribution in [2.75, 3.05) is 5.73 Å². The normalized spacial score (nSPS) is 11.0. The van der Waals surface area contributed by atoms with Gasteiger partial charge in [-0.15, -0.1) is 0 Å². The van der Waals surface area contributed by atoms with Crippen molar-refractivity contribution >= 4 is 32.5 Å². The number of nitrogen functional groups attached to an aromatic ring is 1. The minimum Gasteiger partial charge on any atom is -0.397 e. The second kappa shape index (κ2) is 4.14. The summed E-state index contributed by atoms with van der Waals surface area (Å²) in [5, 5.41) is 1.18. The zero-order chi connectivity index (χ0) is 12.7. The Morgan fingerprint density at radius 3 is 2.78 bits per heavy atom. The highest BCUT2D eigenvalue weighted by Crippen LogP contribution is 2.34. The van der Waals surface area contributed by atoms with Gasteiger partial charge in [-0.05, 0) is 24.3 Å². The van der Waals surface area contributed by atoms with Gasteiger partial charge in [0, 0.05) is 34.2 Å². The molecule has 0 aliphatic heterocycles. The van der Waals surface area contributed by atoms with Crippen LogP contribution in [0, 0.1) is 0 Å². The Hall–Kier alpha value is -1.81. The fraction of sp³-hybridized carbons (Fsp3) is 0.0714. The van der Waals surface area contributed by atoms with Crippen molar-refractivity contribution < 1.29 is 0 Å². The number of rotatable bonds is 1. The standard InChI is InChI=1S/C14H12BrN3/c1-18-8-10(12-6-5-9(16)7-17-12)14-11(15)3-2-4-13(14)18/h2-8H,16H2,1H3. The van der Waals surface area contributed by atoms with Crippen molar-refractivity contribution in [3.63, 3.8) is 0 Å². The van der Waals surface area contributed by atoms with Crippen LogP contribution in [0.4, 0.5) is 5.69 Å². The first-order valence-electron chi connectivity index (χ1n) is 5.62. The van der Waals surface area contributed by atoms with E-state index in [1.165, 1.54) is 10.9 Å². The van der Waals surface area contributed by atoms with Crippen molar-refractivity contribution in [2.24, 2.45) is 7.05 Å². The summed E-state index contributed by atoms with van der Waals surface area (Å²) >= 11 is 3.61. The highest BCUT2D eigenvalue weighted by molar-refractivity contribution is 9.10. The molecule has 0 atom stereocenters. The number of anilines is 1. The summed E-state index contributed by atoms with van der Waals surface area (Å²) in [5.41, 5.74) is 9.58. The van der Waals surface area contributed by atoms with Crippen LogP contribution in [-0.4, -0.2) is 9.55 Å². The molecule has 1 aromatic carbocycles. The molecule has 0 spiro atoms. The summed E-state index contributed by atoms with van der Waals surface area (Å²) in [6.45, 7) is 0. The van der Waals surface area contributed by atoms with E-state index >= 15 is 0 Å². The fourth-order valence-corrected chi connectivity index (χ4v) is 2.73. The predicted molar refractivity (Wildman–Crippen MR) is 78.3 cm³/mol. The number of nitrogens with zero attached hydrogens (tertiary/aromatic N) is 2. The van der Waals surface area contributed by atoms with Crippen LogP contribution in [0.1, 0.15) is 0 Å². The molecule has 0 radical (unpaired) electrons. The minimum atomic E-state index is 0.679. The molecule has 4 heteroatoms. The van der Waals surface area contributed by atoms with E-state index in [4.69, 9.17) is 5.73 Å². The largest absolute Gasteiger partial charge is 0.397 e. The van der Waals surface area contributed by atoms with E-state index in [2.05, 4.69) is 37.7 Å². The summed E-state index contributed by atoms with van der Waals surface area (Å²) in [6.07, 6.45) is 3.78. The number of fused-ring (bicyclic) bond motifs is 1. The Kier molecular flexibility index (Phi) is 2.59. The van der Waals surface area contributed by atoms with Crippen LogP contribution in [0.3, 0.4) is 0 Å². The first kappa shape index (κ1) is 11.3. The van der Waals surface area contributed by atoms with Crippen molar-refractivity contribution in [3.8, 4) is 11.3 Å². The van der Waals surface area contributed by atoms with Crippen LogP contribution in [0.15, 0.2) is 47.2 Å². The molecule has 0 saturated carbocycles. The second-order valence-corrected chi connectivity index (χ2v) is 5.12. The molecule has 0 aliphatic carbocycles. The summed E-state index contributed by atoms with van der Waals surface area (Å²) in [4.78, 5) is 4.39. The molecule has 0 fully saturated rings. The Morgan fingerprint density at radius 2 is 2.06 bits per heavy atom. The van der Waals surface area contributed by atoms with Crippen LogP contribution in [0.5, 0.6) is 0 Å². The van der Waals surface area contributed by atoms with Crippen LogP contribution in [0.25, 0.3) is 22.2 Å². The lowest BCUT2D eigenvalue weighted by molar-refractivity contribution is 0.969. The Labute approximate surface area is 113 Å². The highest BCUT2D eigenvalue weighted by Gasteiger charge is 2.11. The molecular formula is C14H12BrN3. The molecule has 2 N–H and O–H groups in total. The van der Waals surface area contributed by atoms with Crippen LogP contribution in [0.2, 0.25) is 0 Å². The predicted octanol–water partition coefficient (Wildman–Crippen LogP) is 3.59. The maximum Gasteiger partial charge on any atom is 0.0725 e. The molecule has 0 unspecified atom stereocenters. The highest BCUT2D eigenvalue weighted by atomic mass is 79.9. The van der Waals surface area contributed by atoms with Crippen LogP contribution in [-0.2, 0) is 7.05 Å². The van der Waals surface area contributed by atoms with E-state index < -0.39 is 0 Å². The summed E-state index contributed by atoms with van der Waals surface area (Å²) in [6, 6.07) is 10.00. The molecule has 90 valence electrons. The maximum atomic E-state index is 5.68. The molecule has 0 saturated heterocycles. The average molecular weight is 302 g/mol. The van der Waals surface area contributed by atoms with E-state index in [1.54, 1.807) is 6.20 Å². The van der Waals surface area contributed by atoms with Gasteiger partial charge in [0.2, 0.25) is 0 Å². The fourth-order valence-electron chi connectivity index (χ4n) is 2.16. The number of hydrogen-bond donors (Lipinski definition) is 1. The van der Waals surface area contributed by atoms with Crippen LogP contribution < -0.4 is 5.73 Å². The third-order valence-corrected chi connectivity index (χ3v) is 3.69. The van der Waals surface area contributed by atoms with Gasteiger partial charge in [-0.25, -0.2) is 0 Å². The zero-order valence-electron chi connectivity index (χ0n) is 9.89. The van der Waals surface area contributed by atoms with Crippen LogP contribution >= 0.6 is 15.9 Å². The third kappa shape index (κ3) is 1.69. The van der Waals surface area contributed by atoms with Gasteiger partial charge in [-0.2, -0.15) is 0 Å². The molecule has 3 nitrogen and oxygen atoms in total. The topological polar surface area (TPSA) is 43.8 Å². The summed E-state index contributed by atoms with van der Waals surface area (Å²) in [7, 11) is 2.04. The van der Waals surface area contributed by atoms with Gasteiger partial charge in [0.1, 0.15) is 0 Å². The van der Waals surface area contributed by atoms with E-state index in [-0.39, 0.29) is 0 Å². The van der Waals surface area contributed by atoms with Gasteiger partial charge < -0.3 is 10.3 Å². The lowest BCUT2D eigenvalue weighted by Gasteiger charge is -2.01. The Balaban J connectivity index is 2.32. The summed E-state index contributed by atoms with van der Waals surface area (Å²) in [5.74, 6) is 0. The van der Waals surface area contributed by atoms with Crippen molar-refractivity contribution in [3.05, 3.63) is 47.2 Å². The van der Waals surface area contributed by atoms with Gasteiger partial charge >= 0.3 is 0 Å². The maximum absolute atomic E-state index is 5.68. The number of aryl methyl sites for hydroxylation is 1. The SMILES string of the molecule is Cn1cc(-c2ccc(N)cn2)c2c(Br)cccc21. The average Bonchev–Trinajstić information content (AvgIpc) is 2.70. The number of benzene rings is 1. The molecule has 3 rings (SSSR count). The van der Waals surface area contributed by atoms with Gasteiger partial charge in [-0.1, -0.05) is 22.0 Å². The molecule has 2 aromatic heterocycles. The van der Waals surface area contributed by atoms with E-state index in [0.717, 1.165) is 15.7 Å². The summed E-state index contributed by atoms with van der Waals surface area (Å²) < 4.78 is 3.18. The molecular weight excluding hydrogens is 290 g/mol. The molecule has 0 amide bonds. The Bertz CT molecular complexity index is 714. The number of halogens is 1. The number of hydrogen-bond acceptors (Lipinski definition) is 2. The second-order valence-electron chi connectivity index (χ2n) is 4.26. The minimum absolute atomic E-state index is 0.679. The number of aromatic nitrogens is 2. The monoisotopic (exact) mass is 301 g/mol. The molecule has 0 bridgehead atoms. The molecule has 2 heterocycles. The lowest BCUT2D eigenvalue weighted by atomic mass is 10.1. The first-order valence-corrected chi connectivity index (χ1v) is 6.41. The van der Waals surface area contributed by atoms with Crippen molar-refractivity contribution in [2.45, 2.75) is 0 Å². The number of pyridine rings is 1. The lowest BCUT2D eigenvalue weighted by Crippen LogP contribution is -1.87. The van der Waals surface area contributed by atoms with E-state index in [0.29, 0.717) is 5.69 Å². The third-order valence-electron chi connectivity index (χ3n) is 3.03. The van der Waals surface area contributed by atoms with Gasteiger partial charge in [0.05, 0.1) is 17.6 Å². The number of nitrogens with two attached hydrogens (primary N) is 1. The van der Waals surface area contributed by atoms with Gasteiger partial charge in [0.25, 0.3) is 0 Å². The molecule has 0 aliphatic rings. The van der Waals surface area contributed by atoms with Gasteiger partial charge in [0.15, 0.2) is 0 Å². The van der Waals surface area contributed by atoms with Crippen molar-refractivity contribution in [1.29, 1.82) is 0 Å². The van der Waals surface area contributed by atoms with E-state index in [9.17, 15) is 0 Å². The first-order chi connectivity index (χ1) is 8.66. The quantitative estimate of drug-likeness (QED) is 0.746. The smallest absolute Gasteiger partial charge is 0.0725 e. The molecule has 18 heavy (non-hydrogen) atoms. The Morgan fingerprint density at radius 1 is 1.22 bits per heavy atom. The van der Waals surface area contributed by atoms with Gasteiger partial charge in [-0.3, -0.25) is 4.98 Å². The van der Waals surface area contributed by atoms with E-state index in [1.807, 2.05) is 31.3 Å².